The van der Waals surface area contributed by atoms with Gasteiger partial charge in [-0.05, 0) is 30.3 Å². The zero-order chi connectivity index (χ0) is 18.7. The Morgan fingerprint density at radius 1 is 0.926 bits per heavy atom. The van der Waals surface area contributed by atoms with Crippen LogP contribution >= 0.6 is 7.82 Å². The minimum Gasteiger partial charge on any atom is -0.446 e. The lowest BCUT2D eigenvalue weighted by atomic mass is 10.1. The molecule has 4 rings (SSSR count). The lowest BCUT2D eigenvalue weighted by molar-refractivity contribution is -0.0251. The maximum Gasteiger partial charge on any atom is 0.532 e. The van der Waals surface area contributed by atoms with Gasteiger partial charge in [-0.1, -0.05) is 54.6 Å². The van der Waals surface area contributed by atoms with Crippen molar-refractivity contribution < 1.29 is 23.2 Å². The summed E-state index contributed by atoms with van der Waals surface area (Å²) in [4.78, 5) is 12.0. The van der Waals surface area contributed by atoms with Crippen molar-refractivity contribution in [2.24, 2.45) is 0 Å². The van der Waals surface area contributed by atoms with Crippen molar-refractivity contribution >= 4 is 13.5 Å². The highest BCUT2D eigenvalue weighted by Crippen LogP contribution is 2.47. The third kappa shape index (κ3) is 4.14. The Morgan fingerprint density at radius 3 is 2.30 bits per heavy atom. The summed E-state index contributed by atoms with van der Waals surface area (Å²) in [5, 5.41) is 0. The van der Waals surface area contributed by atoms with Crippen molar-refractivity contribution in [2.45, 2.75) is 13.0 Å². The Balaban J connectivity index is 1.61. The average molecular weight is 383 g/mol. The summed E-state index contributed by atoms with van der Waals surface area (Å²) in [6.07, 6.45) is -1.11. The van der Waals surface area contributed by atoms with E-state index in [1.54, 1.807) is 41.3 Å². The highest BCUT2D eigenvalue weighted by atomic mass is 31.2. The topological polar surface area (TPSA) is 68.2 Å². The van der Waals surface area contributed by atoms with E-state index in [-0.39, 0.29) is 5.75 Å². The van der Waals surface area contributed by atoms with E-state index in [0.717, 1.165) is 11.3 Å². The standard InChI is InChI=1S/C20H18NO5P/c22-27(23,25-18-12-5-2-6-13-18)26-20-21(17-10-3-1-4-11-17)15-16-9-7-8-14-19(16)24-20/h1-14,20H,15H2,(H,22,23). The predicted octanol–water partition coefficient (Wildman–Crippen LogP) is 4.57. The van der Waals surface area contributed by atoms with E-state index < -0.39 is 14.2 Å². The van der Waals surface area contributed by atoms with Gasteiger partial charge >= 0.3 is 7.82 Å². The number of phosphoric ester groups is 1. The minimum absolute atomic E-state index is 0.241. The number of nitrogens with zero attached hydrogens (tertiary/aromatic N) is 1. The molecule has 0 amide bonds. The Kier molecular flexibility index (Phi) is 4.86. The van der Waals surface area contributed by atoms with Crippen molar-refractivity contribution in [1.82, 2.24) is 0 Å². The number of hydrogen-bond donors (Lipinski definition) is 1. The molecule has 1 N–H and O–H groups in total. The van der Waals surface area contributed by atoms with Gasteiger partial charge in [-0.25, -0.2) is 9.09 Å². The number of hydrogen-bond acceptors (Lipinski definition) is 5. The van der Waals surface area contributed by atoms with Gasteiger partial charge < -0.3 is 14.2 Å². The Bertz CT molecular complexity index is 951. The molecule has 0 fully saturated rings. The lowest BCUT2D eigenvalue weighted by Crippen LogP contribution is -2.44. The fourth-order valence-electron chi connectivity index (χ4n) is 2.84. The molecular formula is C20H18NO5P. The van der Waals surface area contributed by atoms with Crippen molar-refractivity contribution in [3.05, 3.63) is 90.5 Å². The number of benzene rings is 3. The first-order chi connectivity index (χ1) is 13.1. The summed E-state index contributed by atoms with van der Waals surface area (Å²) in [5.74, 6) is 0.847. The van der Waals surface area contributed by atoms with Crippen LogP contribution in [0.3, 0.4) is 0 Å². The van der Waals surface area contributed by atoms with E-state index in [4.69, 9.17) is 13.8 Å². The van der Waals surface area contributed by atoms with Gasteiger partial charge in [0.2, 0.25) is 0 Å². The van der Waals surface area contributed by atoms with Gasteiger partial charge in [-0.2, -0.15) is 0 Å². The summed E-state index contributed by atoms with van der Waals surface area (Å²) in [6, 6.07) is 25.3. The minimum atomic E-state index is -4.42. The van der Waals surface area contributed by atoms with Crippen LogP contribution in [0.15, 0.2) is 84.9 Å². The molecule has 2 unspecified atom stereocenters. The van der Waals surface area contributed by atoms with Crippen LogP contribution in [0.4, 0.5) is 5.69 Å². The highest BCUT2D eigenvalue weighted by molar-refractivity contribution is 7.47. The first-order valence-electron chi connectivity index (χ1n) is 8.43. The third-order valence-electron chi connectivity index (χ3n) is 4.07. The molecule has 27 heavy (non-hydrogen) atoms. The summed E-state index contributed by atoms with van der Waals surface area (Å²) >= 11 is 0. The molecule has 0 saturated heterocycles. The fourth-order valence-corrected chi connectivity index (χ4v) is 3.66. The molecule has 7 heteroatoms. The quantitative estimate of drug-likeness (QED) is 0.651. The van der Waals surface area contributed by atoms with Gasteiger partial charge in [0.25, 0.3) is 6.41 Å². The predicted molar refractivity (Wildman–Crippen MR) is 101 cm³/mol. The summed E-state index contributed by atoms with van der Waals surface area (Å²) in [7, 11) is -4.42. The lowest BCUT2D eigenvalue weighted by Gasteiger charge is -2.37. The number of fused-ring (bicyclic) bond motifs is 1. The van der Waals surface area contributed by atoms with Crippen LogP contribution < -0.4 is 14.2 Å². The fraction of sp³-hybridized carbons (Fsp3) is 0.100. The number of para-hydroxylation sites is 3. The van der Waals surface area contributed by atoms with E-state index in [1.807, 2.05) is 48.5 Å². The monoisotopic (exact) mass is 383 g/mol. The van der Waals surface area contributed by atoms with Gasteiger partial charge in [0, 0.05) is 11.3 Å². The molecule has 0 radical (unpaired) electrons. The summed E-state index contributed by atoms with van der Waals surface area (Å²) in [5.41, 5.74) is 1.76. The zero-order valence-electron chi connectivity index (χ0n) is 14.3. The maximum atomic E-state index is 12.5. The molecule has 0 aromatic heterocycles. The van der Waals surface area contributed by atoms with E-state index in [0.29, 0.717) is 12.3 Å². The average Bonchev–Trinajstić information content (AvgIpc) is 2.68. The zero-order valence-corrected chi connectivity index (χ0v) is 15.2. The molecule has 0 aliphatic carbocycles. The van der Waals surface area contributed by atoms with Gasteiger partial charge in [0.15, 0.2) is 0 Å². The molecule has 2 atom stereocenters. The van der Waals surface area contributed by atoms with E-state index in [9.17, 15) is 9.46 Å². The number of ether oxygens (including phenoxy) is 1. The number of anilines is 1. The summed E-state index contributed by atoms with van der Waals surface area (Å²) < 4.78 is 29.0. The van der Waals surface area contributed by atoms with Crippen LogP contribution in [-0.4, -0.2) is 11.3 Å². The third-order valence-corrected chi connectivity index (χ3v) is 4.96. The van der Waals surface area contributed by atoms with E-state index in [2.05, 4.69) is 0 Å². The molecule has 3 aromatic rings. The second kappa shape index (κ2) is 7.45. The van der Waals surface area contributed by atoms with E-state index in [1.165, 1.54) is 0 Å². The van der Waals surface area contributed by atoms with Gasteiger partial charge in [0.1, 0.15) is 11.5 Å². The molecule has 6 nitrogen and oxygen atoms in total. The van der Waals surface area contributed by atoms with Crippen molar-refractivity contribution in [3.8, 4) is 11.5 Å². The largest absolute Gasteiger partial charge is 0.532 e. The summed E-state index contributed by atoms with van der Waals surface area (Å²) in [6.45, 7) is 0.468. The smallest absolute Gasteiger partial charge is 0.446 e. The van der Waals surface area contributed by atoms with Crippen LogP contribution in [0.25, 0.3) is 0 Å². The van der Waals surface area contributed by atoms with Crippen LogP contribution in [0.2, 0.25) is 0 Å². The molecule has 138 valence electrons. The molecule has 0 saturated carbocycles. The van der Waals surface area contributed by atoms with Crippen LogP contribution in [0.1, 0.15) is 5.56 Å². The van der Waals surface area contributed by atoms with Gasteiger partial charge in [-0.3, -0.25) is 4.89 Å². The number of rotatable bonds is 5. The Hall–Kier alpha value is -2.79. The normalized spacial score (nSPS) is 18.1. The van der Waals surface area contributed by atoms with Crippen LogP contribution in [-0.2, 0) is 15.6 Å². The van der Waals surface area contributed by atoms with Crippen LogP contribution in [0, 0.1) is 0 Å². The van der Waals surface area contributed by atoms with Crippen molar-refractivity contribution in [2.75, 3.05) is 4.90 Å². The van der Waals surface area contributed by atoms with Crippen LogP contribution in [0.5, 0.6) is 11.5 Å². The molecule has 3 aromatic carbocycles. The first kappa shape index (κ1) is 17.6. The first-order valence-corrected chi connectivity index (χ1v) is 9.92. The van der Waals surface area contributed by atoms with Gasteiger partial charge in [0.05, 0.1) is 6.54 Å². The molecule has 1 heterocycles. The van der Waals surface area contributed by atoms with Crippen molar-refractivity contribution in [3.63, 3.8) is 0 Å². The highest BCUT2D eigenvalue weighted by Gasteiger charge is 2.36. The molecule has 0 bridgehead atoms. The molecule has 1 aliphatic rings. The second-order valence-corrected chi connectivity index (χ2v) is 7.30. The molecule has 1 aliphatic heterocycles. The molecular weight excluding hydrogens is 365 g/mol. The van der Waals surface area contributed by atoms with Crippen molar-refractivity contribution in [1.29, 1.82) is 0 Å². The second-order valence-electron chi connectivity index (χ2n) is 5.97. The maximum absolute atomic E-state index is 12.5. The Labute approximate surface area is 157 Å². The SMILES string of the molecule is O=P(O)(Oc1ccccc1)OC1Oc2ccccc2CN1c1ccccc1. The Morgan fingerprint density at radius 2 is 1.56 bits per heavy atom. The number of phosphoric acid groups is 1. The molecule has 0 spiro atoms. The van der Waals surface area contributed by atoms with Gasteiger partial charge in [-0.15, -0.1) is 0 Å². The van der Waals surface area contributed by atoms with E-state index >= 15 is 0 Å².